The zero-order chi connectivity index (χ0) is 15.4. The van der Waals surface area contributed by atoms with E-state index in [0.29, 0.717) is 0 Å². The highest BCUT2D eigenvalue weighted by molar-refractivity contribution is 5.90. The fraction of sp³-hybridized carbons (Fsp3) is 0.375. The average molecular weight is 278 g/mol. The SMILES string of the molecule is CCCCCC=CC(C)=O.O=C(O)c1ccccc1O. The molecule has 2 N–H and O–H groups in total. The normalized spacial score (nSPS) is 9.90. The molecule has 0 heterocycles. The number of unbranched alkanes of at least 4 members (excludes halogenated alkanes) is 3. The molecule has 1 aromatic carbocycles. The Morgan fingerprint density at radius 2 is 1.85 bits per heavy atom. The Morgan fingerprint density at radius 1 is 1.20 bits per heavy atom. The van der Waals surface area contributed by atoms with Crippen LogP contribution in [-0.4, -0.2) is 22.0 Å². The zero-order valence-corrected chi connectivity index (χ0v) is 12.0. The highest BCUT2D eigenvalue weighted by atomic mass is 16.4. The average Bonchev–Trinajstić information content (AvgIpc) is 2.39. The molecule has 0 aliphatic heterocycles. The lowest BCUT2D eigenvalue weighted by molar-refractivity contribution is -0.112. The summed E-state index contributed by atoms with van der Waals surface area (Å²) in [6.45, 7) is 3.75. The van der Waals surface area contributed by atoms with E-state index in [1.165, 1.54) is 31.4 Å². The van der Waals surface area contributed by atoms with E-state index >= 15 is 0 Å². The number of ketones is 1. The molecule has 1 aromatic rings. The summed E-state index contributed by atoms with van der Waals surface area (Å²) >= 11 is 0. The minimum Gasteiger partial charge on any atom is -0.507 e. The first kappa shape index (κ1) is 17.9. The zero-order valence-electron chi connectivity index (χ0n) is 12.0. The van der Waals surface area contributed by atoms with Crippen molar-refractivity contribution >= 4 is 11.8 Å². The fourth-order valence-corrected chi connectivity index (χ4v) is 1.42. The number of aromatic hydroxyl groups is 1. The van der Waals surface area contributed by atoms with Crippen molar-refractivity contribution < 1.29 is 19.8 Å². The summed E-state index contributed by atoms with van der Waals surface area (Å²) in [4.78, 5) is 20.7. The van der Waals surface area contributed by atoms with Crippen molar-refractivity contribution in [2.24, 2.45) is 0 Å². The maximum absolute atomic E-state index is 10.4. The van der Waals surface area contributed by atoms with Crippen molar-refractivity contribution in [2.45, 2.75) is 39.5 Å². The molecule has 0 bridgehead atoms. The Hall–Kier alpha value is -2.10. The van der Waals surface area contributed by atoms with Crippen LogP contribution in [0.25, 0.3) is 0 Å². The molecule has 0 spiro atoms. The number of hydrogen-bond donors (Lipinski definition) is 2. The number of hydrogen-bond acceptors (Lipinski definition) is 3. The number of carbonyl (C=O) groups is 2. The molecular weight excluding hydrogens is 256 g/mol. The van der Waals surface area contributed by atoms with Crippen molar-refractivity contribution in [3.05, 3.63) is 42.0 Å². The minimum atomic E-state index is -1.11. The smallest absolute Gasteiger partial charge is 0.339 e. The van der Waals surface area contributed by atoms with Crippen molar-refractivity contribution in [2.75, 3.05) is 0 Å². The lowest BCUT2D eigenvalue weighted by atomic mass is 10.2. The fourth-order valence-electron chi connectivity index (χ4n) is 1.42. The summed E-state index contributed by atoms with van der Waals surface area (Å²) in [6, 6.07) is 5.81. The van der Waals surface area contributed by atoms with Gasteiger partial charge in [-0.2, -0.15) is 0 Å². The molecule has 110 valence electrons. The van der Waals surface area contributed by atoms with E-state index < -0.39 is 5.97 Å². The highest BCUT2D eigenvalue weighted by Gasteiger charge is 2.05. The van der Waals surface area contributed by atoms with E-state index in [2.05, 4.69) is 6.92 Å². The number of carboxylic acid groups (broad SMARTS) is 1. The van der Waals surface area contributed by atoms with Gasteiger partial charge in [-0.3, -0.25) is 4.79 Å². The van der Waals surface area contributed by atoms with Crippen molar-refractivity contribution in [1.29, 1.82) is 0 Å². The first-order chi connectivity index (χ1) is 9.49. The number of carbonyl (C=O) groups excluding carboxylic acids is 1. The van der Waals surface area contributed by atoms with Crippen LogP contribution in [0.2, 0.25) is 0 Å². The highest BCUT2D eigenvalue weighted by Crippen LogP contribution is 2.14. The third kappa shape index (κ3) is 8.91. The number of aromatic carboxylic acids is 1. The Morgan fingerprint density at radius 3 is 2.30 bits per heavy atom. The van der Waals surface area contributed by atoms with Crippen LogP contribution < -0.4 is 0 Å². The van der Waals surface area contributed by atoms with Crippen molar-refractivity contribution in [3.8, 4) is 5.75 Å². The Balaban J connectivity index is 0.000000361. The first-order valence-electron chi connectivity index (χ1n) is 6.67. The van der Waals surface area contributed by atoms with Crippen LogP contribution in [0.1, 0.15) is 49.9 Å². The van der Waals surface area contributed by atoms with Gasteiger partial charge in [0.1, 0.15) is 11.3 Å². The summed E-state index contributed by atoms with van der Waals surface area (Å²) < 4.78 is 0. The summed E-state index contributed by atoms with van der Waals surface area (Å²) in [5.41, 5.74) is -0.0671. The lowest BCUT2D eigenvalue weighted by Gasteiger charge is -1.95. The Labute approximate surface area is 119 Å². The van der Waals surface area contributed by atoms with Gasteiger partial charge >= 0.3 is 5.97 Å². The topological polar surface area (TPSA) is 74.6 Å². The van der Waals surface area contributed by atoms with E-state index in [1.54, 1.807) is 25.1 Å². The molecule has 0 aliphatic carbocycles. The number of phenols is 1. The number of benzene rings is 1. The van der Waals surface area contributed by atoms with Gasteiger partial charge in [0.15, 0.2) is 5.78 Å². The van der Waals surface area contributed by atoms with Crippen molar-refractivity contribution in [3.63, 3.8) is 0 Å². The predicted octanol–water partition coefficient (Wildman–Crippen LogP) is 3.80. The quantitative estimate of drug-likeness (QED) is 0.613. The predicted molar refractivity (Wildman–Crippen MR) is 79.0 cm³/mol. The molecule has 4 nitrogen and oxygen atoms in total. The second-order valence-electron chi connectivity index (χ2n) is 4.33. The molecule has 0 saturated carbocycles. The molecule has 0 radical (unpaired) electrons. The van der Waals surface area contributed by atoms with Crippen LogP contribution in [-0.2, 0) is 4.79 Å². The monoisotopic (exact) mass is 278 g/mol. The molecular formula is C16H22O4. The van der Waals surface area contributed by atoms with Gasteiger partial charge in [0.2, 0.25) is 0 Å². The lowest BCUT2D eigenvalue weighted by Crippen LogP contribution is -1.95. The maximum atomic E-state index is 10.4. The van der Waals surface area contributed by atoms with Crippen LogP contribution >= 0.6 is 0 Å². The molecule has 0 aliphatic rings. The van der Waals surface area contributed by atoms with Gasteiger partial charge in [0.25, 0.3) is 0 Å². The standard InChI is InChI=1S/C9H16O.C7H6O3/c1-3-4-5-6-7-8-9(2)10;8-6-4-2-1-3-5(6)7(9)10/h7-8H,3-6H2,1-2H3;1-4,8H,(H,9,10). The van der Waals surface area contributed by atoms with Gasteiger partial charge in [-0.05, 0) is 38.0 Å². The largest absolute Gasteiger partial charge is 0.507 e. The second kappa shape index (κ2) is 10.8. The maximum Gasteiger partial charge on any atom is 0.339 e. The molecule has 0 unspecified atom stereocenters. The van der Waals surface area contributed by atoms with Crippen molar-refractivity contribution in [1.82, 2.24) is 0 Å². The van der Waals surface area contributed by atoms with Gasteiger partial charge in [0.05, 0.1) is 0 Å². The Kier molecular flexibility index (Phi) is 9.66. The van der Waals surface area contributed by atoms with Gasteiger partial charge in [-0.25, -0.2) is 4.79 Å². The summed E-state index contributed by atoms with van der Waals surface area (Å²) in [5, 5.41) is 17.3. The second-order valence-corrected chi connectivity index (χ2v) is 4.33. The number of para-hydroxylation sites is 1. The molecule has 4 heteroatoms. The van der Waals surface area contributed by atoms with Crippen LogP contribution in [0, 0.1) is 0 Å². The molecule has 20 heavy (non-hydrogen) atoms. The molecule has 1 rings (SSSR count). The van der Waals surface area contributed by atoms with Crippen LogP contribution in [0.4, 0.5) is 0 Å². The Bertz CT molecular complexity index is 450. The van der Waals surface area contributed by atoms with Gasteiger partial charge < -0.3 is 10.2 Å². The van der Waals surface area contributed by atoms with Gasteiger partial charge in [0, 0.05) is 0 Å². The van der Waals surface area contributed by atoms with Crippen LogP contribution in [0.3, 0.4) is 0 Å². The molecule has 0 saturated heterocycles. The number of rotatable bonds is 6. The van der Waals surface area contributed by atoms with E-state index in [9.17, 15) is 9.59 Å². The summed E-state index contributed by atoms with van der Waals surface area (Å²) in [7, 11) is 0. The van der Waals surface area contributed by atoms with E-state index in [-0.39, 0.29) is 17.1 Å². The number of allylic oxidation sites excluding steroid dienone is 2. The summed E-state index contributed by atoms with van der Waals surface area (Å²) in [5.74, 6) is -1.16. The minimum absolute atomic E-state index is 0.0671. The van der Waals surface area contributed by atoms with Gasteiger partial charge in [-0.1, -0.05) is 38.0 Å². The third-order valence-corrected chi connectivity index (χ3v) is 2.46. The van der Waals surface area contributed by atoms with Gasteiger partial charge in [-0.15, -0.1) is 0 Å². The molecule has 0 aromatic heterocycles. The summed E-state index contributed by atoms with van der Waals surface area (Å²) in [6.07, 6.45) is 8.37. The van der Waals surface area contributed by atoms with Crippen LogP contribution in [0.5, 0.6) is 5.75 Å². The van der Waals surface area contributed by atoms with E-state index in [0.717, 1.165) is 6.42 Å². The number of carboxylic acids is 1. The van der Waals surface area contributed by atoms with Crippen LogP contribution in [0.15, 0.2) is 36.4 Å². The third-order valence-electron chi connectivity index (χ3n) is 2.46. The van der Waals surface area contributed by atoms with E-state index in [4.69, 9.17) is 10.2 Å². The molecule has 0 amide bonds. The first-order valence-corrected chi connectivity index (χ1v) is 6.67. The molecule has 0 fully saturated rings. The van der Waals surface area contributed by atoms with E-state index in [1.807, 2.05) is 6.08 Å². The molecule has 0 atom stereocenters.